The Labute approximate surface area is 176 Å². The van der Waals surface area contributed by atoms with Crippen LogP contribution in [0.25, 0.3) is 11.3 Å². The van der Waals surface area contributed by atoms with Crippen molar-refractivity contribution in [1.29, 1.82) is 0 Å². The van der Waals surface area contributed by atoms with Gasteiger partial charge < -0.3 is 5.32 Å². The number of nitrogens with zero attached hydrogens (tertiary/aromatic N) is 2. The molecule has 7 nitrogen and oxygen atoms in total. The van der Waals surface area contributed by atoms with Crippen molar-refractivity contribution in [3.05, 3.63) is 64.8 Å². The van der Waals surface area contributed by atoms with E-state index >= 15 is 0 Å². The van der Waals surface area contributed by atoms with E-state index < -0.39 is 22.0 Å². The number of halogens is 1. The van der Waals surface area contributed by atoms with Gasteiger partial charge in [0.1, 0.15) is 17.7 Å². The number of nitrogens with one attached hydrogen (secondary N) is 2. The first kappa shape index (κ1) is 20.2. The minimum absolute atomic E-state index is 0.135. The number of fused-ring (bicyclic) bond motifs is 1. The second-order valence-corrected chi connectivity index (χ2v) is 9.53. The fraction of sp³-hybridized carbons (Fsp3) is 0.150. The van der Waals surface area contributed by atoms with Crippen LogP contribution in [0.4, 0.5) is 9.52 Å². The summed E-state index contributed by atoms with van der Waals surface area (Å²) in [4.78, 5) is 22.3. The number of amides is 1. The standard InChI is InChI=1S/C20H17FN4O3S2/c1-11(22-18-15-5-3-4-6-16(15)30(27,28)25-18)19(26)24-20-23-17(12(2)29-20)13-7-9-14(21)10-8-13/h3-11H,1-2H3,(H,22,25)(H,23,24,26)/t11-/m0/s1. The van der Waals surface area contributed by atoms with Gasteiger partial charge in [-0.05, 0) is 50.2 Å². The summed E-state index contributed by atoms with van der Waals surface area (Å²) in [5.41, 5.74) is 1.84. The Morgan fingerprint density at radius 2 is 1.90 bits per heavy atom. The van der Waals surface area contributed by atoms with Crippen molar-refractivity contribution in [3.8, 4) is 11.3 Å². The Balaban J connectivity index is 1.53. The molecule has 4 rings (SSSR count). The number of thiazole rings is 1. The minimum Gasteiger partial charge on any atom is -0.300 e. The van der Waals surface area contributed by atoms with E-state index in [0.717, 1.165) is 10.4 Å². The zero-order chi connectivity index (χ0) is 21.5. The fourth-order valence-electron chi connectivity index (χ4n) is 3.02. The summed E-state index contributed by atoms with van der Waals surface area (Å²) in [5, 5.41) is 3.10. The molecule has 1 aromatic heterocycles. The van der Waals surface area contributed by atoms with Crippen LogP contribution in [0.15, 0.2) is 58.4 Å². The van der Waals surface area contributed by atoms with E-state index in [1.807, 2.05) is 6.92 Å². The Kier molecular flexibility index (Phi) is 5.12. The molecule has 0 aliphatic carbocycles. The predicted molar refractivity (Wildman–Crippen MR) is 114 cm³/mol. The first-order valence-corrected chi connectivity index (χ1v) is 11.3. The van der Waals surface area contributed by atoms with E-state index in [0.29, 0.717) is 16.4 Å². The van der Waals surface area contributed by atoms with Gasteiger partial charge >= 0.3 is 0 Å². The smallest absolute Gasteiger partial charge is 0.263 e. The average molecular weight is 445 g/mol. The summed E-state index contributed by atoms with van der Waals surface area (Å²) in [6.45, 7) is 3.43. The van der Waals surface area contributed by atoms with Crippen molar-refractivity contribution in [3.63, 3.8) is 0 Å². The number of carbonyl (C=O) groups excluding carboxylic acids is 1. The Morgan fingerprint density at radius 1 is 1.20 bits per heavy atom. The van der Waals surface area contributed by atoms with Crippen LogP contribution in [0.1, 0.15) is 17.4 Å². The van der Waals surface area contributed by atoms with Crippen LogP contribution in [0.2, 0.25) is 0 Å². The lowest BCUT2D eigenvalue weighted by Crippen LogP contribution is -2.28. The summed E-state index contributed by atoms with van der Waals surface area (Å²) in [5.74, 6) is -0.627. The highest BCUT2D eigenvalue weighted by molar-refractivity contribution is 7.90. The third-order valence-corrected chi connectivity index (χ3v) is 6.79. The average Bonchev–Trinajstić information content (AvgIpc) is 3.19. The van der Waals surface area contributed by atoms with Crippen molar-refractivity contribution in [2.45, 2.75) is 24.8 Å². The molecular weight excluding hydrogens is 427 g/mol. The normalized spacial score (nSPS) is 16.7. The molecular formula is C20H17FN4O3S2. The molecule has 3 aromatic rings. The van der Waals surface area contributed by atoms with E-state index in [1.165, 1.54) is 29.5 Å². The van der Waals surface area contributed by atoms with Gasteiger partial charge in [-0.15, -0.1) is 11.3 Å². The molecule has 2 N–H and O–H groups in total. The number of anilines is 1. The third kappa shape index (κ3) is 3.83. The number of aromatic nitrogens is 1. The number of hydrogen-bond donors (Lipinski definition) is 2. The molecule has 2 aromatic carbocycles. The number of benzene rings is 2. The lowest BCUT2D eigenvalue weighted by atomic mass is 10.1. The maximum Gasteiger partial charge on any atom is 0.263 e. The molecule has 0 radical (unpaired) electrons. The van der Waals surface area contributed by atoms with Gasteiger partial charge in [-0.25, -0.2) is 17.8 Å². The van der Waals surface area contributed by atoms with E-state index in [9.17, 15) is 17.6 Å². The van der Waals surface area contributed by atoms with E-state index in [2.05, 4.69) is 20.0 Å². The third-order valence-electron chi connectivity index (χ3n) is 4.51. The zero-order valence-electron chi connectivity index (χ0n) is 16.0. The summed E-state index contributed by atoms with van der Waals surface area (Å²) < 4.78 is 39.9. The first-order valence-electron chi connectivity index (χ1n) is 8.99. The quantitative estimate of drug-likeness (QED) is 0.645. The molecule has 0 unspecified atom stereocenters. The maximum atomic E-state index is 13.1. The zero-order valence-corrected chi connectivity index (χ0v) is 17.6. The number of aliphatic imine (C=N–C) groups is 1. The summed E-state index contributed by atoms with van der Waals surface area (Å²) in [6, 6.07) is 11.6. The summed E-state index contributed by atoms with van der Waals surface area (Å²) in [6.07, 6.45) is 0. The number of sulfonamides is 1. The molecule has 1 aliphatic rings. The maximum absolute atomic E-state index is 13.1. The van der Waals surface area contributed by atoms with Gasteiger partial charge in [0.15, 0.2) is 5.13 Å². The number of amidine groups is 1. The van der Waals surface area contributed by atoms with Crippen LogP contribution >= 0.6 is 11.3 Å². The molecule has 0 spiro atoms. The van der Waals surface area contributed by atoms with Gasteiger partial charge in [-0.3, -0.25) is 14.5 Å². The second-order valence-electron chi connectivity index (χ2n) is 6.68. The Bertz CT molecular complexity index is 1270. The number of hydrogen-bond acceptors (Lipinski definition) is 6. The van der Waals surface area contributed by atoms with Crippen LogP contribution in [0.5, 0.6) is 0 Å². The van der Waals surface area contributed by atoms with Crippen LogP contribution in [0.3, 0.4) is 0 Å². The Morgan fingerprint density at radius 3 is 2.63 bits per heavy atom. The van der Waals surface area contributed by atoms with Crippen molar-refractivity contribution in [2.75, 3.05) is 5.32 Å². The van der Waals surface area contributed by atoms with Gasteiger partial charge in [0.25, 0.3) is 15.9 Å². The van der Waals surface area contributed by atoms with Crippen molar-refractivity contribution >= 4 is 38.2 Å². The lowest BCUT2D eigenvalue weighted by Gasteiger charge is -2.07. The SMILES string of the molecule is Cc1sc(NC(=O)[C@H](C)N=C2NS(=O)(=O)c3ccccc32)nc1-c1ccc(F)cc1. The molecule has 10 heteroatoms. The van der Waals surface area contributed by atoms with Gasteiger partial charge in [-0.2, -0.15) is 0 Å². The molecule has 154 valence electrons. The van der Waals surface area contributed by atoms with E-state index in [4.69, 9.17) is 0 Å². The van der Waals surface area contributed by atoms with E-state index in [1.54, 1.807) is 37.3 Å². The summed E-state index contributed by atoms with van der Waals surface area (Å²) >= 11 is 1.29. The fourth-order valence-corrected chi connectivity index (χ4v) is 5.10. The van der Waals surface area contributed by atoms with Gasteiger partial charge in [-0.1, -0.05) is 12.1 Å². The predicted octanol–water partition coefficient (Wildman–Crippen LogP) is 3.32. The molecule has 0 fully saturated rings. The molecule has 30 heavy (non-hydrogen) atoms. The first-order chi connectivity index (χ1) is 14.2. The highest BCUT2D eigenvalue weighted by atomic mass is 32.2. The monoisotopic (exact) mass is 444 g/mol. The summed E-state index contributed by atoms with van der Waals surface area (Å²) in [7, 11) is -3.67. The lowest BCUT2D eigenvalue weighted by molar-refractivity contribution is -0.117. The number of aryl methyl sites for hydroxylation is 1. The second kappa shape index (κ2) is 7.62. The molecule has 2 heterocycles. The van der Waals surface area contributed by atoms with Crippen LogP contribution in [-0.4, -0.2) is 31.2 Å². The minimum atomic E-state index is -3.67. The number of rotatable bonds is 4. The van der Waals surface area contributed by atoms with Crippen molar-refractivity contribution in [1.82, 2.24) is 9.71 Å². The topological polar surface area (TPSA) is 101 Å². The molecule has 0 bridgehead atoms. The molecule has 1 amide bonds. The molecule has 0 saturated heterocycles. The van der Waals surface area contributed by atoms with Crippen molar-refractivity contribution < 1.29 is 17.6 Å². The highest BCUT2D eigenvalue weighted by Crippen LogP contribution is 2.30. The molecule has 0 saturated carbocycles. The molecule has 1 aliphatic heterocycles. The van der Waals surface area contributed by atoms with Crippen molar-refractivity contribution in [2.24, 2.45) is 4.99 Å². The van der Waals surface area contributed by atoms with E-state index in [-0.39, 0.29) is 16.5 Å². The van der Waals surface area contributed by atoms with Gasteiger partial charge in [0.05, 0.1) is 10.6 Å². The largest absolute Gasteiger partial charge is 0.300 e. The molecule has 1 atom stereocenters. The van der Waals surface area contributed by atoms with Crippen LogP contribution < -0.4 is 10.0 Å². The van der Waals surface area contributed by atoms with Gasteiger partial charge in [0, 0.05) is 16.0 Å². The Hall–Kier alpha value is -3.11. The van der Waals surface area contributed by atoms with Gasteiger partial charge in [0.2, 0.25) is 0 Å². The number of carbonyl (C=O) groups is 1. The highest BCUT2D eigenvalue weighted by Gasteiger charge is 2.31. The van der Waals surface area contributed by atoms with Crippen LogP contribution in [0, 0.1) is 12.7 Å². The van der Waals surface area contributed by atoms with Crippen LogP contribution in [-0.2, 0) is 14.8 Å².